The van der Waals surface area contributed by atoms with Gasteiger partial charge in [-0.05, 0) is 42.8 Å². The molecule has 0 atom stereocenters. The lowest BCUT2D eigenvalue weighted by molar-refractivity contribution is -0.117. The van der Waals surface area contributed by atoms with Crippen molar-refractivity contribution in [1.82, 2.24) is 9.55 Å². The Morgan fingerprint density at radius 3 is 2.47 bits per heavy atom. The SMILES string of the molecule is COc1ccc(C)cc1NC(=O)Cn1c(=O)c(-c2ccccc2NC(C)=O)nc2ccccc21. The van der Waals surface area contributed by atoms with E-state index in [1.54, 1.807) is 54.6 Å². The minimum atomic E-state index is -0.442. The average molecular weight is 457 g/mol. The van der Waals surface area contributed by atoms with Crippen molar-refractivity contribution in [2.45, 2.75) is 20.4 Å². The van der Waals surface area contributed by atoms with E-state index in [1.165, 1.54) is 18.6 Å². The first-order valence-electron chi connectivity index (χ1n) is 10.7. The third-order valence-electron chi connectivity index (χ3n) is 5.28. The molecule has 0 aliphatic carbocycles. The third-order valence-corrected chi connectivity index (χ3v) is 5.28. The molecule has 0 saturated carbocycles. The van der Waals surface area contributed by atoms with Gasteiger partial charge in [0.25, 0.3) is 5.56 Å². The van der Waals surface area contributed by atoms with Gasteiger partial charge < -0.3 is 15.4 Å². The summed E-state index contributed by atoms with van der Waals surface area (Å²) < 4.78 is 6.73. The summed E-state index contributed by atoms with van der Waals surface area (Å²) in [6.07, 6.45) is 0. The van der Waals surface area contributed by atoms with Gasteiger partial charge in [0.2, 0.25) is 11.8 Å². The van der Waals surface area contributed by atoms with Crippen molar-refractivity contribution in [3.8, 4) is 17.0 Å². The number of methoxy groups -OCH3 is 1. The molecule has 2 amide bonds. The second-order valence-corrected chi connectivity index (χ2v) is 7.82. The second-order valence-electron chi connectivity index (χ2n) is 7.82. The standard InChI is InChI=1S/C26H24N4O4/c1-16-12-13-23(34-3)21(14-16)28-24(32)15-30-22-11-7-6-10-20(22)29-25(26(30)33)18-8-4-5-9-19(18)27-17(2)31/h4-14H,15H2,1-3H3,(H,27,31)(H,28,32). The van der Waals surface area contributed by atoms with Crippen molar-refractivity contribution < 1.29 is 14.3 Å². The van der Waals surface area contributed by atoms with E-state index >= 15 is 0 Å². The van der Waals surface area contributed by atoms with E-state index in [0.717, 1.165) is 5.56 Å². The van der Waals surface area contributed by atoms with E-state index in [4.69, 9.17) is 4.74 Å². The van der Waals surface area contributed by atoms with Gasteiger partial charge in [0.15, 0.2) is 0 Å². The molecule has 0 saturated heterocycles. The van der Waals surface area contributed by atoms with Crippen molar-refractivity contribution in [1.29, 1.82) is 0 Å². The van der Waals surface area contributed by atoms with Gasteiger partial charge in [0.1, 0.15) is 18.0 Å². The molecule has 8 heteroatoms. The number of ether oxygens (including phenoxy) is 1. The summed E-state index contributed by atoms with van der Waals surface area (Å²) in [5, 5.41) is 5.58. The van der Waals surface area contributed by atoms with Crippen LogP contribution in [0.1, 0.15) is 12.5 Å². The third kappa shape index (κ3) is 4.66. The fourth-order valence-electron chi connectivity index (χ4n) is 3.77. The predicted octanol–water partition coefficient (Wildman–Crippen LogP) is 3.98. The van der Waals surface area contributed by atoms with Crippen molar-refractivity contribution in [2.75, 3.05) is 17.7 Å². The highest BCUT2D eigenvalue weighted by molar-refractivity contribution is 5.95. The number of benzene rings is 3. The first kappa shape index (κ1) is 22.7. The Kier molecular flexibility index (Phi) is 6.40. The van der Waals surface area contributed by atoms with Crippen LogP contribution in [0.4, 0.5) is 11.4 Å². The minimum Gasteiger partial charge on any atom is -0.495 e. The van der Waals surface area contributed by atoms with E-state index in [0.29, 0.717) is 33.7 Å². The summed E-state index contributed by atoms with van der Waals surface area (Å²) in [5.41, 5.74) is 3.20. The maximum absolute atomic E-state index is 13.6. The van der Waals surface area contributed by atoms with Crippen LogP contribution in [0.15, 0.2) is 71.5 Å². The number of nitrogens with zero attached hydrogens (tertiary/aromatic N) is 2. The number of hydrogen-bond donors (Lipinski definition) is 2. The van der Waals surface area contributed by atoms with Gasteiger partial charge >= 0.3 is 0 Å². The van der Waals surface area contributed by atoms with Crippen molar-refractivity contribution >= 4 is 34.2 Å². The number of carbonyl (C=O) groups is 2. The molecule has 0 fully saturated rings. The summed E-state index contributed by atoms with van der Waals surface area (Å²) in [4.78, 5) is 42.8. The second kappa shape index (κ2) is 9.58. The number of carbonyl (C=O) groups excluding carboxylic acids is 2. The molecule has 4 rings (SSSR count). The number of fused-ring (bicyclic) bond motifs is 1. The Labute approximate surface area is 196 Å². The number of para-hydroxylation sites is 3. The van der Waals surface area contributed by atoms with Crippen molar-refractivity contribution in [2.24, 2.45) is 0 Å². The first-order valence-corrected chi connectivity index (χ1v) is 10.7. The number of rotatable bonds is 6. The molecule has 0 spiro atoms. The highest BCUT2D eigenvalue weighted by Crippen LogP contribution is 2.27. The lowest BCUT2D eigenvalue weighted by Gasteiger charge is -2.15. The average Bonchev–Trinajstić information content (AvgIpc) is 2.81. The van der Waals surface area contributed by atoms with Crippen LogP contribution in [0.3, 0.4) is 0 Å². The van der Waals surface area contributed by atoms with Crippen LogP contribution in [0, 0.1) is 6.92 Å². The van der Waals surface area contributed by atoms with E-state index in [1.807, 2.05) is 19.1 Å². The number of aromatic nitrogens is 2. The van der Waals surface area contributed by atoms with Gasteiger partial charge in [0, 0.05) is 12.5 Å². The Morgan fingerprint density at radius 2 is 1.71 bits per heavy atom. The highest BCUT2D eigenvalue weighted by Gasteiger charge is 2.18. The molecular weight excluding hydrogens is 432 g/mol. The number of anilines is 2. The molecule has 4 aromatic rings. The molecule has 1 heterocycles. The quantitative estimate of drug-likeness (QED) is 0.457. The van der Waals surface area contributed by atoms with Crippen molar-refractivity contribution in [3.05, 3.63) is 82.6 Å². The zero-order chi connectivity index (χ0) is 24.2. The van der Waals surface area contributed by atoms with Crippen LogP contribution in [0.2, 0.25) is 0 Å². The van der Waals surface area contributed by atoms with Gasteiger partial charge in [-0.25, -0.2) is 4.98 Å². The molecule has 8 nitrogen and oxygen atoms in total. The Balaban J connectivity index is 1.79. The molecule has 0 aliphatic rings. The predicted molar refractivity (Wildman–Crippen MR) is 132 cm³/mol. The summed E-state index contributed by atoms with van der Waals surface area (Å²) in [6, 6.07) is 19.5. The summed E-state index contributed by atoms with van der Waals surface area (Å²) in [7, 11) is 1.53. The normalized spacial score (nSPS) is 10.7. The summed E-state index contributed by atoms with van der Waals surface area (Å²) >= 11 is 0. The molecule has 0 radical (unpaired) electrons. The van der Waals surface area contributed by atoms with Gasteiger partial charge in [-0.1, -0.05) is 36.4 Å². The Morgan fingerprint density at radius 1 is 0.971 bits per heavy atom. The van der Waals surface area contributed by atoms with E-state index < -0.39 is 5.56 Å². The van der Waals surface area contributed by atoms with Gasteiger partial charge in [-0.3, -0.25) is 19.0 Å². The van der Waals surface area contributed by atoms with Crippen LogP contribution in [0.5, 0.6) is 5.75 Å². The summed E-state index contributed by atoms with van der Waals surface area (Å²) in [5.74, 6) is -0.126. The molecule has 0 unspecified atom stereocenters. The fourth-order valence-corrected chi connectivity index (χ4v) is 3.77. The van der Waals surface area contributed by atoms with E-state index in [9.17, 15) is 14.4 Å². The fraction of sp³-hybridized carbons (Fsp3) is 0.154. The van der Waals surface area contributed by atoms with E-state index in [-0.39, 0.29) is 24.1 Å². The largest absolute Gasteiger partial charge is 0.495 e. The molecular formula is C26H24N4O4. The van der Waals surface area contributed by atoms with E-state index in [2.05, 4.69) is 15.6 Å². The van der Waals surface area contributed by atoms with Gasteiger partial charge in [-0.2, -0.15) is 0 Å². The monoisotopic (exact) mass is 456 g/mol. The zero-order valence-corrected chi connectivity index (χ0v) is 19.1. The molecule has 2 N–H and O–H groups in total. The van der Waals surface area contributed by atoms with Crippen LogP contribution in [0.25, 0.3) is 22.3 Å². The van der Waals surface area contributed by atoms with Gasteiger partial charge in [-0.15, -0.1) is 0 Å². The first-order chi connectivity index (χ1) is 16.4. The topological polar surface area (TPSA) is 102 Å². The Bertz CT molecular complexity index is 1460. The van der Waals surface area contributed by atoms with Crippen LogP contribution in [-0.4, -0.2) is 28.5 Å². The van der Waals surface area contributed by atoms with Crippen LogP contribution < -0.4 is 20.9 Å². The zero-order valence-electron chi connectivity index (χ0n) is 19.1. The molecule has 1 aromatic heterocycles. The summed E-state index contributed by atoms with van der Waals surface area (Å²) in [6.45, 7) is 3.08. The highest BCUT2D eigenvalue weighted by atomic mass is 16.5. The van der Waals surface area contributed by atoms with Crippen molar-refractivity contribution in [3.63, 3.8) is 0 Å². The maximum atomic E-state index is 13.6. The number of nitrogens with one attached hydrogen (secondary N) is 2. The minimum absolute atomic E-state index is 0.143. The molecule has 172 valence electrons. The molecule has 34 heavy (non-hydrogen) atoms. The molecule has 0 bridgehead atoms. The lowest BCUT2D eigenvalue weighted by atomic mass is 10.1. The van der Waals surface area contributed by atoms with Crippen LogP contribution in [-0.2, 0) is 16.1 Å². The number of aryl methyl sites for hydroxylation is 1. The lowest BCUT2D eigenvalue weighted by Crippen LogP contribution is -2.30. The smallest absolute Gasteiger partial charge is 0.278 e. The van der Waals surface area contributed by atoms with Crippen LogP contribution >= 0.6 is 0 Å². The number of amides is 2. The molecule has 3 aromatic carbocycles. The maximum Gasteiger partial charge on any atom is 0.278 e. The molecule has 0 aliphatic heterocycles. The Hall–Kier alpha value is -4.46. The van der Waals surface area contributed by atoms with Gasteiger partial charge in [0.05, 0.1) is 29.5 Å². The number of hydrogen-bond acceptors (Lipinski definition) is 5.